The van der Waals surface area contributed by atoms with Gasteiger partial charge in [0.15, 0.2) is 0 Å². The van der Waals surface area contributed by atoms with E-state index in [9.17, 15) is 0 Å². The number of halogens is 3. The highest BCUT2D eigenvalue weighted by molar-refractivity contribution is 5.78. The fourth-order valence-electron chi connectivity index (χ4n) is 8.64. The smallest absolute Gasteiger partial charge is 0.148 e. The van der Waals surface area contributed by atoms with Crippen LogP contribution in [0.15, 0.2) is 42.5 Å². The Labute approximate surface area is 277 Å². The van der Waals surface area contributed by atoms with Crippen molar-refractivity contribution in [2.24, 2.45) is 0 Å². The second-order valence-electron chi connectivity index (χ2n) is 14.0. The molecular formula is C37H41F3N8. The Morgan fingerprint density at radius 1 is 0.604 bits per heavy atom. The molecule has 9 rings (SSSR count). The summed E-state index contributed by atoms with van der Waals surface area (Å²) < 4.78 is 48.2. The van der Waals surface area contributed by atoms with Gasteiger partial charge in [-0.1, -0.05) is 0 Å². The zero-order valence-corrected chi connectivity index (χ0v) is 27.0. The third-order valence-corrected chi connectivity index (χ3v) is 11.0. The first-order valence-electron chi connectivity index (χ1n) is 17.7. The molecule has 3 aromatic carbocycles. The molecule has 4 saturated heterocycles. The molecule has 0 amide bonds. The number of benzene rings is 3. The number of nitrogens with zero attached hydrogens (tertiary/aromatic N) is 4. The second kappa shape index (κ2) is 12.1. The van der Waals surface area contributed by atoms with Gasteiger partial charge in [-0.15, -0.1) is 0 Å². The van der Waals surface area contributed by atoms with E-state index >= 15 is 13.2 Å². The Hall–Kier alpha value is -4.09. The van der Waals surface area contributed by atoms with Crippen molar-refractivity contribution in [1.82, 2.24) is 30.6 Å². The maximum atomic E-state index is 16.1. The highest BCUT2D eigenvalue weighted by Crippen LogP contribution is 2.49. The molecule has 11 heteroatoms. The van der Waals surface area contributed by atoms with Crippen LogP contribution in [0.3, 0.4) is 0 Å². The van der Waals surface area contributed by atoms with Crippen LogP contribution in [0.4, 0.5) is 24.5 Å². The summed E-state index contributed by atoms with van der Waals surface area (Å²) in [5, 5.41) is 6.92. The Balaban J connectivity index is 1.13. The van der Waals surface area contributed by atoms with Crippen LogP contribution < -0.4 is 20.4 Å². The summed E-state index contributed by atoms with van der Waals surface area (Å²) in [5.41, 5.74) is 4.90. The van der Waals surface area contributed by atoms with Crippen LogP contribution >= 0.6 is 0 Å². The fourth-order valence-corrected chi connectivity index (χ4v) is 8.64. The average Bonchev–Trinajstić information content (AvgIpc) is 3.93. The lowest BCUT2D eigenvalue weighted by atomic mass is 10.0. The van der Waals surface area contributed by atoms with Crippen LogP contribution in [0, 0.1) is 17.5 Å². The summed E-state index contributed by atoms with van der Waals surface area (Å²) in [6.45, 7) is 3.53. The number of nitrogens with one attached hydrogen (secondary N) is 4. The van der Waals surface area contributed by atoms with E-state index in [0.29, 0.717) is 46.4 Å². The number of anilines is 2. The predicted molar refractivity (Wildman–Crippen MR) is 182 cm³/mol. The standard InChI is InChI=1S/C37H41F3N8/c38-24-19-31-29(43-36(45-31)27-6-4-12-41-27)17-22(24)33-10-11-34(48(33)21-8-9-35(26(40)16-21)47-14-2-1-3-15-47)23-18-30-32(20-25(23)39)46-37(44-30)28-7-5-13-42-28/h8-9,16-20,27-28,33-34,41-42H,1-7,10-15H2,(H,43,45)(H,44,46)/t27-,28-,33+,34?/m0/s1. The Morgan fingerprint density at radius 2 is 1.17 bits per heavy atom. The third kappa shape index (κ3) is 5.22. The van der Waals surface area contributed by atoms with E-state index in [1.54, 1.807) is 6.07 Å². The van der Waals surface area contributed by atoms with Crippen LogP contribution in [-0.2, 0) is 0 Å². The zero-order valence-electron chi connectivity index (χ0n) is 27.0. The molecule has 2 aromatic heterocycles. The van der Waals surface area contributed by atoms with E-state index < -0.39 is 12.1 Å². The number of piperidine rings is 1. The molecule has 4 fully saturated rings. The minimum Gasteiger partial charge on any atom is -0.369 e. The van der Waals surface area contributed by atoms with Crippen LogP contribution in [0.2, 0.25) is 0 Å². The van der Waals surface area contributed by atoms with Gasteiger partial charge in [0.1, 0.15) is 29.1 Å². The van der Waals surface area contributed by atoms with Crippen molar-refractivity contribution in [3.63, 3.8) is 0 Å². The van der Waals surface area contributed by atoms with Crippen molar-refractivity contribution in [2.45, 2.75) is 82.0 Å². The number of imidazole rings is 2. The SMILES string of the molecule is Fc1cc2nc([C@@H]3CCCN3)[nH]c2cc1C1CC[C@H](c2cc3[nH]c([C@@H]4CCCN4)nc3cc2F)N1c1ccc(N2CCCCC2)c(F)c1. The maximum Gasteiger partial charge on any atom is 0.148 e. The maximum absolute atomic E-state index is 16.1. The molecule has 8 nitrogen and oxygen atoms in total. The van der Waals surface area contributed by atoms with Crippen LogP contribution in [-0.4, -0.2) is 46.1 Å². The van der Waals surface area contributed by atoms with Gasteiger partial charge in [0.2, 0.25) is 0 Å². The number of fused-ring (bicyclic) bond motifs is 2. The molecule has 0 bridgehead atoms. The predicted octanol–water partition coefficient (Wildman–Crippen LogP) is 7.78. The van der Waals surface area contributed by atoms with Crippen molar-refractivity contribution in [3.8, 4) is 0 Å². The van der Waals surface area contributed by atoms with E-state index in [1.165, 1.54) is 12.1 Å². The first kappa shape index (κ1) is 30.0. The van der Waals surface area contributed by atoms with E-state index in [1.807, 2.05) is 29.2 Å². The van der Waals surface area contributed by atoms with Crippen LogP contribution in [0.1, 0.15) is 105 Å². The number of H-pyrrole nitrogens is 2. The molecule has 0 aliphatic carbocycles. The molecule has 4 aliphatic heterocycles. The molecule has 0 radical (unpaired) electrons. The summed E-state index contributed by atoms with van der Waals surface area (Å²) >= 11 is 0. The van der Waals surface area contributed by atoms with Gasteiger partial charge in [0, 0.05) is 42.0 Å². The van der Waals surface area contributed by atoms with Crippen LogP contribution in [0.5, 0.6) is 0 Å². The minimum absolute atomic E-state index is 0.128. The molecule has 48 heavy (non-hydrogen) atoms. The van der Waals surface area contributed by atoms with E-state index in [-0.39, 0.29) is 29.5 Å². The topological polar surface area (TPSA) is 87.9 Å². The summed E-state index contributed by atoms with van der Waals surface area (Å²) in [7, 11) is 0. The first-order valence-corrected chi connectivity index (χ1v) is 17.7. The lowest BCUT2D eigenvalue weighted by molar-refractivity contribution is 0.552. The molecule has 4 N–H and O–H groups in total. The lowest BCUT2D eigenvalue weighted by Gasteiger charge is -2.35. The molecule has 1 unspecified atom stereocenters. The highest BCUT2D eigenvalue weighted by atomic mass is 19.1. The molecule has 0 spiro atoms. The van der Waals surface area contributed by atoms with E-state index in [4.69, 9.17) is 9.97 Å². The van der Waals surface area contributed by atoms with Crippen molar-refractivity contribution in [3.05, 3.63) is 82.7 Å². The average molecular weight is 655 g/mol. The van der Waals surface area contributed by atoms with Gasteiger partial charge >= 0.3 is 0 Å². The monoisotopic (exact) mass is 654 g/mol. The van der Waals surface area contributed by atoms with Gasteiger partial charge in [-0.3, -0.25) is 0 Å². The normalized spacial score (nSPS) is 24.9. The van der Waals surface area contributed by atoms with Crippen LogP contribution in [0.25, 0.3) is 22.1 Å². The quantitative estimate of drug-likeness (QED) is 0.150. The Bertz CT molecular complexity index is 1860. The van der Waals surface area contributed by atoms with Gasteiger partial charge < -0.3 is 30.4 Å². The van der Waals surface area contributed by atoms with Crippen molar-refractivity contribution in [2.75, 3.05) is 36.0 Å². The molecule has 4 aliphatic rings. The minimum atomic E-state index is -0.439. The number of rotatable bonds is 6. The number of aromatic nitrogens is 4. The summed E-state index contributed by atoms with van der Waals surface area (Å²) in [5.74, 6) is 0.601. The third-order valence-electron chi connectivity index (χ3n) is 11.0. The fraction of sp³-hybridized carbons (Fsp3) is 0.459. The Morgan fingerprint density at radius 3 is 1.67 bits per heavy atom. The first-order chi connectivity index (χ1) is 23.5. The summed E-state index contributed by atoms with van der Waals surface area (Å²) in [6.07, 6.45) is 8.51. The van der Waals surface area contributed by atoms with Crippen molar-refractivity contribution in [1.29, 1.82) is 0 Å². The molecule has 4 atom stereocenters. The van der Waals surface area contributed by atoms with Gasteiger partial charge in [0.25, 0.3) is 0 Å². The van der Waals surface area contributed by atoms with Crippen molar-refractivity contribution >= 4 is 33.4 Å². The second-order valence-corrected chi connectivity index (χ2v) is 14.0. The van der Waals surface area contributed by atoms with Gasteiger partial charge in [0.05, 0.1) is 51.9 Å². The number of aromatic amines is 2. The molecule has 6 heterocycles. The summed E-state index contributed by atoms with van der Waals surface area (Å²) in [4.78, 5) is 20.4. The van der Waals surface area contributed by atoms with Gasteiger partial charge in [-0.2, -0.15) is 0 Å². The number of hydrogen-bond acceptors (Lipinski definition) is 6. The van der Waals surface area contributed by atoms with Gasteiger partial charge in [-0.25, -0.2) is 23.1 Å². The Kier molecular flexibility index (Phi) is 7.57. The summed E-state index contributed by atoms with van der Waals surface area (Å²) in [6, 6.07) is 11.4. The molecular weight excluding hydrogens is 613 g/mol. The number of hydrogen-bond donors (Lipinski definition) is 4. The van der Waals surface area contributed by atoms with E-state index in [0.717, 1.165) is 93.8 Å². The van der Waals surface area contributed by atoms with E-state index in [2.05, 4.69) is 25.5 Å². The zero-order chi connectivity index (χ0) is 32.4. The largest absolute Gasteiger partial charge is 0.369 e. The lowest BCUT2D eigenvalue weighted by Crippen LogP contribution is -2.31. The van der Waals surface area contributed by atoms with Gasteiger partial charge in [-0.05, 0) is 101 Å². The highest BCUT2D eigenvalue weighted by Gasteiger charge is 2.39. The van der Waals surface area contributed by atoms with Crippen molar-refractivity contribution < 1.29 is 13.2 Å². The molecule has 250 valence electrons. The molecule has 5 aromatic rings. The molecule has 0 saturated carbocycles.